The Kier molecular flexibility index (Phi) is 8.97. The molecule has 0 aliphatic carbocycles. The molecule has 1 aromatic heterocycles. The van der Waals surface area contributed by atoms with Gasteiger partial charge in [-0.2, -0.15) is 0 Å². The summed E-state index contributed by atoms with van der Waals surface area (Å²) in [4.78, 5) is 60.6. The number of halogens is 1. The topological polar surface area (TPSA) is 117 Å². The number of thiazole rings is 1. The Hall–Kier alpha value is -4.03. The summed E-state index contributed by atoms with van der Waals surface area (Å²) in [5, 5.41) is 0. The molecule has 0 saturated heterocycles. The van der Waals surface area contributed by atoms with Crippen molar-refractivity contribution in [2.45, 2.75) is 39.7 Å². The largest absolute Gasteiger partial charge is 0.496 e. The van der Waals surface area contributed by atoms with Crippen LogP contribution in [0.25, 0.3) is 5.57 Å². The molecule has 2 aliphatic heterocycles. The maximum Gasteiger partial charge on any atom is 0.338 e. The number of allylic oxidation sites excluding steroid dienone is 1. The number of carbonyl (C=O) groups excluding carboxylic acids is 3. The highest BCUT2D eigenvalue weighted by Gasteiger charge is 2.38. The van der Waals surface area contributed by atoms with Gasteiger partial charge in [0.1, 0.15) is 16.8 Å². The van der Waals surface area contributed by atoms with E-state index in [1.54, 1.807) is 63.4 Å². The minimum Gasteiger partial charge on any atom is -0.496 e. The zero-order valence-electron chi connectivity index (χ0n) is 24.1. The number of nitrogens with zero attached hydrogens (tertiary/aromatic N) is 3. The summed E-state index contributed by atoms with van der Waals surface area (Å²) in [5.41, 5.74) is 2.18. The van der Waals surface area contributed by atoms with Crippen molar-refractivity contribution < 1.29 is 28.6 Å². The number of rotatable bonds is 9. The lowest BCUT2D eigenvalue weighted by molar-refractivity contribution is -0.142. The van der Waals surface area contributed by atoms with Gasteiger partial charge in [-0.05, 0) is 60.0 Å². The van der Waals surface area contributed by atoms with Gasteiger partial charge in [0.2, 0.25) is 0 Å². The Bertz CT molecular complexity index is 1840. The highest BCUT2D eigenvalue weighted by Crippen LogP contribution is 2.37. The van der Waals surface area contributed by atoms with E-state index < -0.39 is 29.4 Å². The number of carbonyl (C=O) groups is 3. The molecule has 43 heavy (non-hydrogen) atoms. The number of para-hydroxylation sites is 1. The van der Waals surface area contributed by atoms with Gasteiger partial charge in [0.15, 0.2) is 4.80 Å². The second kappa shape index (κ2) is 12.7. The first-order chi connectivity index (χ1) is 20.7. The number of benzene rings is 2. The van der Waals surface area contributed by atoms with Crippen LogP contribution in [0.4, 0.5) is 5.69 Å². The van der Waals surface area contributed by atoms with E-state index in [0.717, 1.165) is 11.3 Å². The minimum absolute atomic E-state index is 0.150. The van der Waals surface area contributed by atoms with Crippen molar-refractivity contribution in [2.24, 2.45) is 4.99 Å². The fraction of sp³-hybridized carbons (Fsp3) is 0.323. The number of hydrogen-bond donors (Lipinski definition) is 0. The Balaban J connectivity index is 1.80. The number of methoxy groups -OCH3 is 1. The first-order valence-electron chi connectivity index (χ1n) is 13.9. The third-order valence-corrected chi connectivity index (χ3v) is 8.78. The van der Waals surface area contributed by atoms with Gasteiger partial charge in [0, 0.05) is 5.56 Å². The fourth-order valence-corrected chi connectivity index (χ4v) is 7.00. The summed E-state index contributed by atoms with van der Waals surface area (Å²) in [7, 11) is 1.55. The Morgan fingerprint density at radius 2 is 1.79 bits per heavy atom. The normalized spacial score (nSPS) is 16.9. The molecule has 0 N–H and O–H groups in total. The minimum atomic E-state index is -0.865. The van der Waals surface area contributed by atoms with Crippen LogP contribution >= 0.6 is 27.3 Å². The number of anilines is 1. The molecule has 224 valence electrons. The fourth-order valence-electron chi connectivity index (χ4n) is 5.33. The van der Waals surface area contributed by atoms with Crippen LogP contribution in [-0.2, 0) is 23.9 Å². The lowest BCUT2D eigenvalue weighted by Crippen LogP contribution is -2.41. The summed E-state index contributed by atoms with van der Waals surface area (Å²) >= 11 is 4.62. The van der Waals surface area contributed by atoms with E-state index >= 15 is 0 Å². The van der Waals surface area contributed by atoms with Crippen LogP contribution in [0.2, 0.25) is 0 Å². The third kappa shape index (κ3) is 5.45. The predicted molar refractivity (Wildman–Crippen MR) is 165 cm³/mol. The van der Waals surface area contributed by atoms with E-state index in [-0.39, 0.29) is 35.4 Å². The van der Waals surface area contributed by atoms with E-state index in [0.29, 0.717) is 50.4 Å². The van der Waals surface area contributed by atoms with E-state index in [1.165, 1.54) is 9.47 Å². The number of aromatic nitrogens is 1. The van der Waals surface area contributed by atoms with Crippen molar-refractivity contribution in [3.8, 4) is 5.75 Å². The van der Waals surface area contributed by atoms with Gasteiger partial charge >= 0.3 is 11.9 Å². The smallest absolute Gasteiger partial charge is 0.338 e. The second-order valence-corrected chi connectivity index (χ2v) is 11.5. The van der Waals surface area contributed by atoms with E-state index in [1.807, 2.05) is 6.92 Å². The van der Waals surface area contributed by atoms with Crippen molar-refractivity contribution >= 4 is 56.4 Å². The van der Waals surface area contributed by atoms with Gasteiger partial charge in [0.05, 0.1) is 53.4 Å². The van der Waals surface area contributed by atoms with Crippen LogP contribution in [-0.4, -0.2) is 49.3 Å². The molecule has 1 amide bonds. The molecule has 0 bridgehead atoms. The van der Waals surface area contributed by atoms with Crippen LogP contribution in [0.5, 0.6) is 5.75 Å². The van der Waals surface area contributed by atoms with Crippen LogP contribution in [0.3, 0.4) is 0 Å². The van der Waals surface area contributed by atoms with Crippen LogP contribution in [0.1, 0.15) is 50.8 Å². The average molecular weight is 669 g/mol. The SMILES string of the molecule is CCCC1=C(C(=O)OCC)[C@H](c2ccc(OC)c(Br)c2)n2c(s/c(=C3/C(=O)N(CC(=O)OCC)c4ccccc43)c2=O)=N1. The van der Waals surface area contributed by atoms with E-state index in [2.05, 4.69) is 15.9 Å². The molecule has 0 spiro atoms. The van der Waals surface area contributed by atoms with Crippen molar-refractivity contribution in [3.05, 3.63) is 89.0 Å². The molecule has 2 aliphatic rings. The molecule has 12 heteroatoms. The van der Waals surface area contributed by atoms with Crippen molar-refractivity contribution in [3.63, 3.8) is 0 Å². The summed E-state index contributed by atoms with van der Waals surface area (Å²) < 4.78 is 18.2. The molecule has 0 fully saturated rings. The van der Waals surface area contributed by atoms with Crippen LogP contribution in [0, 0.1) is 0 Å². The van der Waals surface area contributed by atoms with Crippen LogP contribution in [0.15, 0.2) is 68.0 Å². The first kappa shape index (κ1) is 30.4. The summed E-state index contributed by atoms with van der Waals surface area (Å²) in [6.45, 7) is 5.43. The van der Waals surface area contributed by atoms with E-state index in [4.69, 9.17) is 19.2 Å². The molecule has 1 atom stereocenters. The van der Waals surface area contributed by atoms with E-state index in [9.17, 15) is 19.2 Å². The monoisotopic (exact) mass is 667 g/mol. The highest BCUT2D eigenvalue weighted by molar-refractivity contribution is 9.10. The van der Waals surface area contributed by atoms with Gasteiger partial charge in [-0.25, -0.2) is 9.79 Å². The Morgan fingerprint density at radius 1 is 1.05 bits per heavy atom. The predicted octanol–water partition coefficient (Wildman–Crippen LogP) is 3.63. The molecule has 2 aromatic carbocycles. The summed E-state index contributed by atoms with van der Waals surface area (Å²) in [5.74, 6) is -1.01. The highest BCUT2D eigenvalue weighted by atomic mass is 79.9. The average Bonchev–Trinajstić information content (AvgIpc) is 3.45. The summed E-state index contributed by atoms with van der Waals surface area (Å²) in [6, 6.07) is 11.5. The molecule has 10 nitrogen and oxygen atoms in total. The van der Waals surface area contributed by atoms with Crippen molar-refractivity contribution in [1.82, 2.24) is 4.57 Å². The third-order valence-electron chi connectivity index (χ3n) is 7.10. The zero-order chi connectivity index (χ0) is 30.8. The van der Waals surface area contributed by atoms with Crippen molar-refractivity contribution in [1.29, 1.82) is 0 Å². The number of fused-ring (bicyclic) bond motifs is 2. The molecule has 5 rings (SSSR count). The molecule has 0 saturated carbocycles. The maximum atomic E-state index is 14.4. The van der Waals surface area contributed by atoms with Gasteiger partial charge in [-0.3, -0.25) is 23.9 Å². The Labute approximate surface area is 260 Å². The van der Waals surface area contributed by atoms with Gasteiger partial charge in [-0.15, -0.1) is 0 Å². The number of amides is 1. The van der Waals surface area contributed by atoms with Gasteiger partial charge in [0.25, 0.3) is 11.5 Å². The van der Waals surface area contributed by atoms with Gasteiger partial charge < -0.3 is 14.2 Å². The number of ether oxygens (including phenoxy) is 3. The lowest BCUT2D eigenvalue weighted by atomic mass is 9.94. The van der Waals surface area contributed by atoms with Crippen molar-refractivity contribution in [2.75, 3.05) is 31.8 Å². The van der Waals surface area contributed by atoms with Gasteiger partial charge in [-0.1, -0.05) is 48.9 Å². The molecule has 3 aromatic rings. The molecular formula is C31H30BrN3O7S. The molecule has 0 unspecified atom stereocenters. The van der Waals surface area contributed by atoms with Crippen LogP contribution < -0.4 is 24.5 Å². The quantitative estimate of drug-likeness (QED) is 0.320. The Morgan fingerprint density at radius 3 is 2.47 bits per heavy atom. The maximum absolute atomic E-state index is 14.4. The lowest BCUT2D eigenvalue weighted by Gasteiger charge is -2.26. The summed E-state index contributed by atoms with van der Waals surface area (Å²) in [6.07, 6.45) is 1.18. The molecule has 3 heterocycles. The zero-order valence-corrected chi connectivity index (χ0v) is 26.5. The second-order valence-electron chi connectivity index (χ2n) is 9.72. The number of hydrogen-bond acceptors (Lipinski definition) is 9. The molecular weight excluding hydrogens is 638 g/mol. The first-order valence-corrected chi connectivity index (χ1v) is 15.5. The standard InChI is InChI=1S/C31H30BrN3O7S/c1-5-10-20-25(30(39)42-7-3)26(17-13-14-22(40-4)19(32)15-17)35-29(38)27(43-31(35)33-20)24-18-11-8-9-12-21(18)34(28(24)37)16-23(36)41-6-2/h8-9,11-15,26H,5-7,10,16H2,1-4H3/b27-24+/t26-/m0/s1. The molecule has 0 radical (unpaired) electrons. The number of esters is 2.